The van der Waals surface area contributed by atoms with Gasteiger partial charge in [-0.1, -0.05) is 30.3 Å². The highest BCUT2D eigenvalue weighted by Crippen LogP contribution is 2.30. The zero-order valence-corrected chi connectivity index (χ0v) is 12.0. The molecule has 1 saturated heterocycles. The lowest BCUT2D eigenvalue weighted by molar-refractivity contribution is -0.145. The van der Waals surface area contributed by atoms with Crippen molar-refractivity contribution >= 4 is 5.91 Å². The number of carbonyl (C=O) groups excluding carboxylic acids is 1. The molecule has 1 aliphatic heterocycles. The summed E-state index contributed by atoms with van der Waals surface area (Å²) in [5, 5.41) is 2.45. The number of alkyl halides is 3. The average Bonchev–Trinajstić information content (AvgIpc) is 2.95. The largest absolute Gasteiger partial charge is 0.391 e. The second kappa shape index (κ2) is 7.11. The maximum absolute atomic E-state index is 12.7. The van der Waals surface area contributed by atoms with Crippen LogP contribution in [-0.2, 0) is 9.53 Å². The van der Waals surface area contributed by atoms with Crippen molar-refractivity contribution in [2.75, 3.05) is 6.54 Å². The predicted octanol–water partition coefficient (Wildman–Crippen LogP) is 2.30. The molecule has 4 nitrogen and oxygen atoms in total. The fourth-order valence-electron chi connectivity index (χ4n) is 2.51. The molecule has 22 heavy (non-hydrogen) atoms. The lowest BCUT2D eigenvalue weighted by atomic mass is 10.0. The number of benzene rings is 1. The van der Waals surface area contributed by atoms with Crippen LogP contribution in [0.2, 0.25) is 0 Å². The van der Waals surface area contributed by atoms with Crippen LogP contribution in [0.4, 0.5) is 13.2 Å². The van der Waals surface area contributed by atoms with E-state index in [1.807, 2.05) is 0 Å². The lowest BCUT2D eigenvalue weighted by Gasteiger charge is -2.22. The molecule has 0 aromatic heterocycles. The minimum Gasteiger partial charge on any atom is -0.364 e. The minimum absolute atomic E-state index is 0.200. The van der Waals surface area contributed by atoms with Crippen LogP contribution < -0.4 is 11.1 Å². The second-order valence-corrected chi connectivity index (χ2v) is 5.35. The molecule has 3 atom stereocenters. The van der Waals surface area contributed by atoms with Gasteiger partial charge in [0.25, 0.3) is 0 Å². The van der Waals surface area contributed by atoms with Crippen LogP contribution in [0.5, 0.6) is 0 Å². The van der Waals surface area contributed by atoms with Gasteiger partial charge >= 0.3 is 6.18 Å². The number of carbonyl (C=O) groups is 1. The molecule has 1 heterocycles. The van der Waals surface area contributed by atoms with Crippen LogP contribution in [0.25, 0.3) is 0 Å². The van der Waals surface area contributed by atoms with Crippen LogP contribution in [0.15, 0.2) is 30.3 Å². The highest BCUT2D eigenvalue weighted by atomic mass is 19.4. The third-order valence-electron chi connectivity index (χ3n) is 3.62. The van der Waals surface area contributed by atoms with Gasteiger partial charge in [0.15, 0.2) is 0 Å². The number of nitrogens with one attached hydrogen (secondary N) is 1. The average molecular weight is 316 g/mol. The normalized spacial score (nSPS) is 23.3. The second-order valence-electron chi connectivity index (χ2n) is 5.35. The first-order valence-electron chi connectivity index (χ1n) is 7.16. The van der Waals surface area contributed by atoms with Crippen LogP contribution in [0, 0.1) is 0 Å². The topological polar surface area (TPSA) is 64.4 Å². The fraction of sp³-hybridized carbons (Fsp3) is 0.533. The summed E-state index contributed by atoms with van der Waals surface area (Å²) in [5.74, 6) is -0.519. The van der Waals surface area contributed by atoms with E-state index in [2.05, 4.69) is 5.32 Å². The molecule has 1 aromatic rings. The monoisotopic (exact) mass is 316 g/mol. The van der Waals surface area contributed by atoms with Crippen molar-refractivity contribution in [3.05, 3.63) is 35.9 Å². The molecule has 1 unspecified atom stereocenters. The highest BCUT2D eigenvalue weighted by Gasteiger charge is 2.36. The molecule has 0 bridgehead atoms. The van der Waals surface area contributed by atoms with E-state index in [0.717, 1.165) is 0 Å². The van der Waals surface area contributed by atoms with Gasteiger partial charge in [-0.2, -0.15) is 13.2 Å². The molecule has 1 aliphatic rings. The molecule has 2 rings (SSSR count). The summed E-state index contributed by atoms with van der Waals surface area (Å²) in [6.07, 6.45) is -5.30. The minimum atomic E-state index is -4.37. The van der Waals surface area contributed by atoms with Crippen molar-refractivity contribution in [1.82, 2.24) is 5.32 Å². The van der Waals surface area contributed by atoms with Crippen LogP contribution >= 0.6 is 0 Å². The Bertz CT molecular complexity index is 493. The molecular formula is C15H19F3N2O2. The summed E-state index contributed by atoms with van der Waals surface area (Å²) in [5.41, 5.74) is 5.88. The molecule has 122 valence electrons. The Labute approximate surface area is 126 Å². The van der Waals surface area contributed by atoms with Gasteiger partial charge in [-0.15, -0.1) is 0 Å². The molecule has 1 amide bonds. The number of rotatable bonds is 5. The van der Waals surface area contributed by atoms with E-state index in [4.69, 9.17) is 10.5 Å². The number of halogens is 3. The lowest BCUT2D eigenvalue weighted by Crippen LogP contribution is -2.39. The fourth-order valence-corrected chi connectivity index (χ4v) is 2.51. The van der Waals surface area contributed by atoms with Crippen molar-refractivity contribution < 1.29 is 22.7 Å². The van der Waals surface area contributed by atoms with Gasteiger partial charge in [0.2, 0.25) is 5.91 Å². The van der Waals surface area contributed by atoms with Crippen molar-refractivity contribution in [3.63, 3.8) is 0 Å². The van der Waals surface area contributed by atoms with Gasteiger partial charge < -0.3 is 15.8 Å². The van der Waals surface area contributed by atoms with E-state index in [1.54, 1.807) is 30.3 Å². The van der Waals surface area contributed by atoms with Crippen molar-refractivity contribution in [2.45, 2.75) is 43.7 Å². The smallest absolute Gasteiger partial charge is 0.364 e. The number of hydrogen-bond acceptors (Lipinski definition) is 3. The summed E-state index contributed by atoms with van der Waals surface area (Å²) in [7, 11) is 0. The SMILES string of the molecule is NC[C@H]1CC[C@@H](C(=O)NC(CC(F)(F)F)c2ccccc2)O1. The van der Waals surface area contributed by atoms with Gasteiger partial charge in [0.1, 0.15) is 6.10 Å². The Morgan fingerprint density at radius 3 is 2.55 bits per heavy atom. The molecule has 0 spiro atoms. The number of nitrogens with two attached hydrogens (primary N) is 1. The number of hydrogen-bond donors (Lipinski definition) is 2. The summed E-state index contributed by atoms with van der Waals surface area (Å²) in [4.78, 5) is 12.1. The Hall–Kier alpha value is -1.60. The van der Waals surface area contributed by atoms with Gasteiger partial charge in [0.05, 0.1) is 18.6 Å². The maximum atomic E-state index is 12.7. The number of ether oxygens (including phenoxy) is 1. The third kappa shape index (κ3) is 4.71. The third-order valence-corrected chi connectivity index (χ3v) is 3.62. The van der Waals surface area contributed by atoms with Crippen molar-refractivity contribution in [1.29, 1.82) is 0 Å². The van der Waals surface area contributed by atoms with E-state index < -0.39 is 30.7 Å². The van der Waals surface area contributed by atoms with E-state index >= 15 is 0 Å². The van der Waals surface area contributed by atoms with E-state index in [9.17, 15) is 18.0 Å². The van der Waals surface area contributed by atoms with Crippen LogP contribution in [0.3, 0.4) is 0 Å². The highest BCUT2D eigenvalue weighted by molar-refractivity contribution is 5.81. The predicted molar refractivity (Wildman–Crippen MR) is 74.9 cm³/mol. The zero-order valence-electron chi connectivity index (χ0n) is 12.0. The van der Waals surface area contributed by atoms with E-state index in [0.29, 0.717) is 24.9 Å². The molecule has 1 aromatic carbocycles. The first-order chi connectivity index (χ1) is 10.4. The first-order valence-corrected chi connectivity index (χ1v) is 7.16. The van der Waals surface area contributed by atoms with Gasteiger partial charge in [-0.25, -0.2) is 0 Å². The molecule has 0 radical (unpaired) electrons. The Kier molecular flexibility index (Phi) is 5.42. The Morgan fingerprint density at radius 2 is 2.00 bits per heavy atom. The quantitative estimate of drug-likeness (QED) is 0.876. The van der Waals surface area contributed by atoms with E-state index in [-0.39, 0.29) is 6.10 Å². The number of amides is 1. The standard InChI is InChI=1S/C15H19F3N2O2/c16-15(17,18)8-12(10-4-2-1-3-5-10)20-14(21)13-7-6-11(9-19)22-13/h1-5,11-13H,6-9,19H2,(H,20,21)/t11-,12?,13+/m1/s1. The Morgan fingerprint density at radius 1 is 1.32 bits per heavy atom. The first kappa shape index (κ1) is 16.8. The van der Waals surface area contributed by atoms with Crippen LogP contribution in [-0.4, -0.2) is 30.8 Å². The summed E-state index contributed by atoms with van der Waals surface area (Å²) < 4.78 is 43.6. The molecule has 0 saturated carbocycles. The van der Waals surface area contributed by atoms with Crippen molar-refractivity contribution in [3.8, 4) is 0 Å². The van der Waals surface area contributed by atoms with Gasteiger partial charge in [0, 0.05) is 6.54 Å². The molecule has 3 N–H and O–H groups in total. The van der Waals surface area contributed by atoms with E-state index in [1.165, 1.54) is 0 Å². The molecular weight excluding hydrogens is 297 g/mol. The summed E-state index contributed by atoms with van der Waals surface area (Å²) in [6.45, 7) is 0.300. The molecule has 1 fully saturated rings. The van der Waals surface area contributed by atoms with Gasteiger partial charge in [-0.05, 0) is 18.4 Å². The zero-order chi connectivity index (χ0) is 16.2. The maximum Gasteiger partial charge on any atom is 0.391 e. The summed E-state index contributed by atoms with van der Waals surface area (Å²) >= 11 is 0. The molecule has 7 heteroatoms. The van der Waals surface area contributed by atoms with Crippen molar-refractivity contribution in [2.24, 2.45) is 5.73 Å². The molecule has 0 aliphatic carbocycles. The summed E-state index contributed by atoms with van der Waals surface area (Å²) in [6, 6.07) is 7.00. The Balaban J connectivity index is 2.05. The van der Waals surface area contributed by atoms with Gasteiger partial charge in [-0.3, -0.25) is 4.79 Å². The van der Waals surface area contributed by atoms with Crippen LogP contribution in [0.1, 0.15) is 30.9 Å².